The minimum absolute atomic E-state index is 0.412. The average Bonchev–Trinajstić information content (AvgIpc) is 2.91. The summed E-state index contributed by atoms with van der Waals surface area (Å²) in [5.41, 5.74) is 0.935. The molecule has 2 aliphatic carbocycles. The zero-order chi connectivity index (χ0) is 13.8. The summed E-state index contributed by atoms with van der Waals surface area (Å²) in [4.78, 5) is 1.36. The third-order valence-electron chi connectivity index (χ3n) is 6.27. The van der Waals surface area contributed by atoms with Crippen molar-refractivity contribution in [3.63, 3.8) is 0 Å². The first-order valence-corrected chi connectivity index (χ1v) is 8.55. The van der Waals surface area contributed by atoms with E-state index >= 15 is 0 Å². The van der Waals surface area contributed by atoms with Crippen LogP contribution >= 0.6 is 22.9 Å². The van der Waals surface area contributed by atoms with Crippen molar-refractivity contribution in [3.8, 4) is 0 Å². The Morgan fingerprint density at radius 3 is 2.58 bits per heavy atom. The Morgan fingerprint density at radius 2 is 2.11 bits per heavy atom. The molecule has 2 saturated carbocycles. The molecule has 3 rings (SSSR count). The highest BCUT2D eigenvalue weighted by Gasteiger charge is 2.61. The van der Waals surface area contributed by atoms with Crippen LogP contribution in [-0.4, -0.2) is 6.04 Å². The van der Waals surface area contributed by atoms with E-state index in [4.69, 9.17) is 11.6 Å². The van der Waals surface area contributed by atoms with Crippen LogP contribution in [0.25, 0.3) is 0 Å². The van der Waals surface area contributed by atoms with Gasteiger partial charge in [0.05, 0.1) is 4.34 Å². The molecule has 2 aliphatic rings. The molecule has 3 heteroatoms. The molecular weight excluding hydrogens is 274 g/mol. The summed E-state index contributed by atoms with van der Waals surface area (Å²) >= 11 is 7.75. The van der Waals surface area contributed by atoms with E-state index in [-0.39, 0.29) is 0 Å². The van der Waals surface area contributed by atoms with Gasteiger partial charge in [-0.15, -0.1) is 11.3 Å². The summed E-state index contributed by atoms with van der Waals surface area (Å²) in [6.45, 7) is 9.70. The van der Waals surface area contributed by atoms with Crippen molar-refractivity contribution in [1.82, 2.24) is 5.32 Å². The third-order valence-corrected chi connectivity index (χ3v) is 7.68. The van der Waals surface area contributed by atoms with Gasteiger partial charge in [0, 0.05) is 17.0 Å². The molecule has 4 atom stereocenters. The van der Waals surface area contributed by atoms with E-state index in [9.17, 15) is 0 Å². The molecule has 1 nitrogen and oxygen atoms in total. The van der Waals surface area contributed by atoms with Crippen molar-refractivity contribution in [1.29, 1.82) is 0 Å². The lowest BCUT2D eigenvalue weighted by Gasteiger charge is -2.40. The van der Waals surface area contributed by atoms with Crippen LogP contribution in [-0.2, 0) is 0 Å². The van der Waals surface area contributed by atoms with Crippen LogP contribution in [0.1, 0.15) is 57.9 Å². The molecule has 1 N–H and O–H groups in total. The number of hydrogen-bond acceptors (Lipinski definition) is 2. The van der Waals surface area contributed by atoms with Crippen LogP contribution in [0.2, 0.25) is 4.34 Å². The molecule has 0 amide bonds. The minimum atomic E-state index is 0.412. The van der Waals surface area contributed by atoms with Crippen molar-refractivity contribution in [2.24, 2.45) is 16.7 Å². The van der Waals surface area contributed by atoms with Gasteiger partial charge in [0.15, 0.2) is 0 Å². The van der Waals surface area contributed by atoms with Crippen molar-refractivity contribution >= 4 is 22.9 Å². The maximum Gasteiger partial charge on any atom is 0.0931 e. The maximum atomic E-state index is 6.05. The van der Waals surface area contributed by atoms with Crippen LogP contribution in [0, 0.1) is 16.7 Å². The Bertz CT molecular complexity index is 481. The van der Waals surface area contributed by atoms with Gasteiger partial charge in [0.1, 0.15) is 0 Å². The van der Waals surface area contributed by atoms with Crippen LogP contribution in [0.4, 0.5) is 0 Å². The van der Waals surface area contributed by atoms with Crippen LogP contribution in [0.3, 0.4) is 0 Å². The van der Waals surface area contributed by atoms with E-state index in [1.165, 1.54) is 24.1 Å². The summed E-state index contributed by atoms with van der Waals surface area (Å²) in [6, 6.07) is 5.23. The molecular formula is C16H24ClNS. The minimum Gasteiger partial charge on any atom is -0.306 e. The number of nitrogens with one attached hydrogen (secondary N) is 1. The summed E-state index contributed by atoms with van der Waals surface area (Å²) in [5.74, 6) is 0.897. The third kappa shape index (κ3) is 1.99. The quantitative estimate of drug-likeness (QED) is 0.801. The first kappa shape index (κ1) is 13.9. The SMILES string of the molecule is CC(NC1CC2CCC1(C)C2(C)C)c1ccc(Cl)s1. The fourth-order valence-electron chi connectivity index (χ4n) is 4.40. The van der Waals surface area contributed by atoms with Gasteiger partial charge >= 0.3 is 0 Å². The normalized spacial score (nSPS) is 37.7. The van der Waals surface area contributed by atoms with Gasteiger partial charge in [-0.05, 0) is 55.1 Å². The highest BCUT2D eigenvalue weighted by atomic mass is 35.5. The van der Waals surface area contributed by atoms with Gasteiger partial charge in [0.25, 0.3) is 0 Å². The highest BCUT2D eigenvalue weighted by Crippen LogP contribution is 2.65. The lowest BCUT2D eigenvalue weighted by Crippen LogP contribution is -2.45. The van der Waals surface area contributed by atoms with Gasteiger partial charge in [-0.3, -0.25) is 0 Å². The van der Waals surface area contributed by atoms with Gasteiger partial charge < -0.3 is 5.32 Å². The van der Waals surface area contributed by atoms with Crippen molar-refractivity contribution in [2.75, 3.05) is 0 Å². The second-order valence-electron chi connectivity index (χ2n) is 7.19. The molecule has 1 aromatic rings. The monoisotopic (exact) mass is 297 g/mol. The van der Waals surface area contributed by atoms with E-state index in [0.29, 0.717) is 22.9 Å². The van der Waals surface area contributed by atoms with E-state index in [1.54, 1.807) is 11.3 Å². The second-order valence-corrected chi connectivity index (χ2v) is 8.94. The lowest BCUT2D eigenvalue weighted by molar-refractivity contribution is 0.116. The highest BCUT2D eigenvalue weighted by molar-refractivity contribution is 7.16. The lowest BCUT2D eigenvalue weighted by atomic mass is 9.69. The summed E-state index contributed by atoms with van der Waals surface area (Å²) in [7, 11) is 0. The molecule has 2 bridgehead atoms. The number of rotatable bonds is 3. The molecule has 0 spiro atoms. The first-order chi connectivity index (χ1) is 8.84. The molecule has 1 aromatic heterocycles. The summed E-state index contributed by atoms with van der Waals surface area (Å²) in [5, 5.41) is 3.89. The van der Waals surface area contributed by atoms with Crippen molar-refractivity contribution < 1.29 is 0 Å². The molecule has 2 fully saturated rings. The van der Waals surface area contributed by atoms with Crippen LogP contribution < -0.4 is 5.32 Å². The Kier molecular flexibility index (Phi) is 3.28. The molecule has 19 heavy (non-hydrogen) atoms. The molecule has 0 radical (unpaired) electrons. The largest absolute Gasteiger partial charge is 0.306 e. The zero-order valence-corrected chi connectivity index (χ0v) is 13.9. The van der Waals surface area contributed by atoms with Gasteiger partial charge in [0.2, 0.25) is 0 Å². The van der Waals surface area contributed by atoms with E-state index < -0.39 is 0 Å². The summed E-state index contributed by atoms with van der Waals surface area (Å²) < 4.78 is 0.892. The Morgan fingerprint density at radius 1 is 1.37 bits per heavy atom. The van der Waals surface area contributed by atoms with Crippen molar-refractivity contribution in [3.05, 3.63) is 21.3 Å². The van der Waals surface area contributed by atoms with E-state index in [0.717, 1.165) is 10.3 Å². The molecule has 0 aliphatic heterocycles. The van der Waals surface area contributed by atoms with Gasteiger partial charge in [-0.25, -0.2) is 0 Å². The average molecular weight is 298 g/mol. The Labute approximate surface area is 125 Å². The maximum absolute atomic E-state index is 6.05. The first-order valence-electron chi connectivity index (χ1n) is 7.36. The second kappa shape index (κ2) is 4.47. The Balaban J connectivity index is 1.75. The number of hydrogen-bond donors (Lipinski definition) is 1. The molecule has 0 saturated heterocycles. The predicted octanol–water partition coefficient (Wildman–Crippen LogP) is 5.27. The molecule has 106 valence electrons. The standard InChI is InChI=1S/C16H24ClNS/c1-10(12-5-6-14(17)19-12)18-13-9-11-7-8-16(13,4)15(11,2)3/h5-6,10-11,13,18H,7-9H2,1-4H3. The number of fused-ring (bicyclic) bond motifs is 2. The van der Waals surface area contributed by atoms with E-state index in [2.05, 4.69) is 39.1 Å². The summed E-state index contributed by atoms with van der Waals surface area (Å²) in [6.07, 6.45) is 4.13. The molecule has 0 aromatic carbocycles. The van der Waals surface area contributed by atoms with E-state index in [1.807, 2.05) is 6.07 Å². The number of thiophene rings is 1. The van der Waals surface area contributed by atoms with Gasteiger partial charge in [-0.2, -0.15) is 0 Å². The molecule has 4 unspecified atom stereocenters. The zero-order valence-electron chi connectivity index (χ0n) is 12.3. The Hall–Kier alpha value is -0.0500. The smallest absolute Gasteiger partial charge is 0.0931 e. The van der Waals surface area contributed by atoms with Crippen LogP contribution in [0.15, 0.2) is 12.1 Å². The van der Waals surface area contributed by atoms with Crippen molar-refractivity contribution in [2.45, 2.75) is 59.0 Å². The molecule has 1 heterocycles. The fourth-order valence-corrected chi connectivity index (χ4v) is 5.47. The van der Waals surface area contributed by atoms with Gasteiger partial charge in [-0.1, -0.05) is 32.4 Å². The topological polar surface area (TPSA) is 12.0 Å². The predicted molar refractivity (Wildman–Crippen MR) is 83.9 cm³/mol. The fraction of sp³-hybridized carbons (Fsp3) is 0.750. The van der Waals surface area contributed by atoms with Crippen LogP contribution in [0.5, 0.6) is 0 Å². The number of halogens is 1.